The predicted molar refractivity (Wildman–Crippen MR) is 124 cm³/mol. The molecule has 0 spiro atoms. The van der Waals surface area contributed by atoms with E-state index in [1.54, 1.807) is 0 Å². The van der Waals surface area contributed by atoms with Crippen LogP contribution in [0.1, 0.15) is 57.8 Å². The lowest BCUT2D eigenvalue weighted by atomic mass is 9.75. The molecule has 4 rings (SSSR count). The first-order valence-corrected chi connectivity index (χ1v) is 12.5. The summed E-state index contributed by atoms with van der Waals surface area (Å²) in [7, 11) is 0. The summed E-state index contributed by atoms with van der Waals surface area (Å²) >= 11 is 0. The van der Waals surface area contributed by atoms with Crippen molar-refractivity contribution in [3.63, 3.8) is 0 Å². The van der Waals surface area contributed by atoms with Gasteiger partial charge in [0.15, 0.2) is 0 Å². The number of hydrogen-bond donors (Lipinski definition) is 3. The minimum atomic E-state index is 0.480. The van der Waals surface area contributed by atoms with Crippen LogP contribution in [-0.2, 0) is 0 Å². The molecule has 162 valence electrons. The standard InChI is InChI=1S/C27H39N3/c1(22-7-13-28-14-8-22)4-25-19-26(5-2-23-9-15-29-16-10-23)21-27(20-25)6-3-24-11-17-30-18-12-24/h22-30H,7-21H2. The van der Waals surface area contributed by atoms with Gasteiger partial charge in [0.05, 0.1) is 0 Å². The lowest BCUT2D eigenvalue weighted by Gasteiger charge is -2.28. The Kier molecular flexibility index (Phi) is 8.58. The average molecular weight is 406 g/mol. The van der Waals surface area contributed by atoms with E-state index in [4.69, 9.17) is 0 Å². The highest BCUT2D eigenvalue weighted by molar-refractivity contribution is 5.18. The molecule has 0 radical (unpaired) electrons. The monoisotopic (exact) mass is 405 g/mol. The SMILES string of the molecule is C(#CC1CC(C#CC2CCNCC2)CC(C#CC2CCNCC2)C1)C1CCNCC1. The molecule has 3 aliphatic heterocycles. The molecule has 30 heavy (non-hydrogen) atoms. The molecule has 3 heteroatoms. The molecule has 4 fully saturated rings. The first-order chi connectivity index (χ1) is 14.8. The fourth-order valence-corrected chi connectivity index (χ4v) is 5.28. The minimum Gasteiger partial charge on any atom is -0.317 e. The Balaban J connectivity index is 1.40. The van der Waals surface area contributed by atoms with Crippen molar-refractivity contribution in [3.05, 3.63) is 0 Å². The van der Waals surface area contributed by atoms with Crippen molar-refractivity contribution in [2.75, 3.05) is 39.3 Å². The molecule has 0 aromatic heterocycles. The summed E-state index contributed by atoms with van der Waals surface area (Å²) in [4.78, 5) is 0. The Morgan fingerprint density at radius 1 is 0.333 bits per heavy atom. The predicted octanol–water partition coefficient (Wildman–Crippen LogP) is 3.03. The van der Waals surface area contributed by atoms with Crippen molar-refractivity contribution in [3.8, 4) is 35.5 Å². The maximum Gasteiger partial charge on any atom is 0.0227 e. The lowest BCUT2D eigenvalue weighted by molar-refractivity contribution is 0.315. The average Bonchev–Trinajstić information content (AvgIpc) is 2.82. The third kappa shape index (κ3) is 7.06. The molecule has 3 N–H and O–H groups in total. The number of piperidine rings is 3. The first-order valence-electron chi connectivity index (χ1n) is 12.5. The Morgan fingerprint density at radius 2 is 0.567 bits per heavy atom. The van der Waals surface area contributed by atoms with Crippen molar-refractivity contribution < 1.29 is 0 Å². The molecule has 3 nitrogen and oxygen atoms in total. The Labute approximate surface area is 184 Å². The molecule has 0 aromatic carbocycles. The zero-order chi connectivity index (χ0) is 20.4. The van der Waals surface area contributed by atoms with Crippen molar-refractivity contribution in [1.82, 2.24) is 16.0 Å². The molecule has 0 amide bonds. The molecular formula is C27H39N3. The lowest BCUT2D eigenvalue weighted by Crippen LogP contribution is -2.28. The first kappa shape index (κ1) is 21.8. The smallest absolute Gasteiger partial charge is 0.0227 e. The van der Waals surface area contributed by atoms with Gasteiger partial charge in [-0.1, -0.05) is 35.5 Å². The van der Waals surface area contributed by atoms with E-state index < -0.39 is 0 Å². The summed E-state index contributed by atoms with van der Waals surface area (Å²) in [6, 6.07) is 0. The van der Waals surface area contributed by atoms with Gasteiger partial charge in [0.1, 0.15) is 0 Å². The van der Waals surface area contributed by atoms with E-state index in [2.05, 4.69) is 51.5 Å². The summed E-state index contributed by atoms with van der Waals surface area (Å²) < 4.78 is 0. The van der Waals surface area contributed by atoms with Crippen molar-refractivity contribution in [2.45, 2.75) is 57.8 Å². The highest BCUT2D eigenvalue weighted by Crippen LogP contribution is 2.33. The zero-order valence-electron chi connectivity index (χ0n) is 18.6. The largest absolute Gasteiger partial charge is 0.317 e. The Morgan fingerprint density at radius 3 is 0.833 bits per heavy atom. The van der Waals surface area contributed by atoms with E-state index in [1.165, 1.54) is 38.5 Å². The number of nitrogens with one attached hydrogen (secondary N) is 3. The van der Waals surface area contributed by atoms with Crippen LogP contribution in [0.5, 0.6) is 0 Å². The van der Waals surface area contributed by atoms with Crippen LogP contribution in [0.15, 0.2) is 0 Å². The summed E-state index contributed by atoms with van der Waals surface area (Å²) in [6.07, 6.45) is 10.7. The minimum absolute atomic E-state index is 0.480. The molecular weight excluding hydrogens is 366 g/mol. The second-order valence-electron chi connectivity index (χ2n) is 9.74. The van der Waals surface area contributed by atoms with E-state index in [0.29, 0.717) is 35.5 Å². The molecule has 0 bridgehead atoms. The molecule has 1 aliphatic carbocycles. The van der Waals surface area contributed by atoms with Crippen LogP contribution in [0.3, 0.4) is 0 Å². The van der Waals surface area contributed by atoms with Crippen LogP contribution in [0, 0.1) is 71.0 Å². The van der Waals surface area contributed by atoms with E-state index in [0.717, 1.165) is 58.5 Å². The van der Waals surface area contributed by atoms with Gasteiger partial charge in [-0.15, -0.1) is 0 Å². The van der Waals surface area contributed by atoms with Crippen molar-refractivity contribution in [1.29, 1.82) is 0 Å². The van der Waals surface area contributed by atoms with Crippen LogP contribution >= 0.6 is 0 Å². The van der Waals surface area contributed by atoms with Crippen LogP contribution in [-0.4, -0.2) is 39.3 Å². The normalized spacial score (nSPS) is 31.4. The van der Waals surface area contributed by atoms with Gasteiger partial charge in [0, 0.05) is 35.5 Å². The van der Waals surface area contributed by atoms with E-state index in [9.17, 15) is 0 Å². The summed E-state index contributed by atoms with van der Waals surface area (Å²) in [5, 5.41) is 10.3. The van der Waals surface area contributed by atoms with Gasteiger partial charge in [-0.2, -0.15) is 0 Å². The van der Waals surface area contributed by atoms with Crippen molar-refractivity contribution >= 4 is 0 Å². The topological polar surface area (TPSA) is 36.1 Å². The molecule has 0 atom stereocenters. The molecule has 4 aliphatic rings. The highest BCUT2D eigenvalue weighted by Gasteiger charge is 2.27. The molecule has 0 unspecified atom stereocenters. The van der Waals surface area contributed by atoms with Gasteiger partial charge < -0.3 is 16.0 Å². The summed E-state index contributed by atoms with van der Waals surface area (Å²) in [6.45, 7) is 6.74. The summed E-state index contributed by atoms with van der Waals surface area (Å²) in [5.41, 5.74) is 0. The second-order valence-corrected chi connectivity index (χ2v) is 9.74. The molecule has 3 saturated heterocycles. The van der Waals surface area contributed by atoms with Gasteiger partial charge in [0.2, 0.25) is 0 Å². The highest BCUT2D eigenvalue weighted by atomic mass is 14.9. The zero-order valence-corrected chi connectivity index (χ0v) is 18.6. The molecule has 3 heterocycles. The van der Waals surface area contributed by atoms with Crippen LogP contribution in [0.25, 0.3) is 0 Å². The third-order valence-electron chi connectivity index (χ3n) is 7.20. The third-order valence-corrected chi connectivity index (χ3v) is 7.20. The van der Waals surface area contributed by atoms with E-state index in [1.807, 2.05) is 0 Å². The fourth-order valence-electron chi connectivity index (χ4n) is 5.28. The molecule has 1 saturated carbocycles. The Bertz CT molecular complexity index is 601. The van der Waals surface area contributed by atoms with E-state index >= 15 is 0 Å². The number of hydrogen-bond acceptors (Lipinski definition) is 3. The van der Waals surface area contributed by atoms with Gasteiger partial charge in [-0.25, -0.2) is 0 Å². The van der Waals surface area contributed by atoms with Gasteiger partial charge in [-0.3, -0.25) is 0 Å². The van der Waals surface area contributed by atoms with Crippen LogP contribution < -0.4 is 16.0 Å². The van der Waals surface area contributed by atoms with E-state index in [-0.39, 0.29) is 0 Å². The summed E-state index contributed by atoms with van der Waals surface area (Å²) in [5.74, 6) is 25.2. The van der Waals surface area contributed by atoms with Crippen molar-refractivity contribution in [2.24, 2.45) is 35.5 Å². The quantitative estimate of drug-likeness (QED) is 0.542. The van der Waals surface area contributed by atoms with Gasteiger partial charge in [-0.05, 0) is 97.1 Å². The maximum atomic E-state index is 3.69. The Hall–Kier alpha value is -1.44. The fraction of sp³-hybridized carbons (Fsp3) is 0.778. The number of rotatable bonds is 0. The van der Waals surface area contributed by atoms with Gasteiger partial charge in [0.25, 0.3) is 0 Å². The van der Waals surface area contributed by atoms with Crippen LogP contribution in [0.4, 0.5) is 0 Å². The van der Waals surface area contributed by atoms with Gasteiger partial charge >= 0.3 is 0 Å². The maximum absolute atomic E-state index is 3.69. The second kappa shape index (κ2) is 11.8. The molecule has 0 aromatic rings. The van der Waals surface area contributed by atoms with Crippen LogP contribution in [0.2, 0.25) is 0 Å².